The van der Waals surface area contributed by atoms with E-state index in [4.69, 9.17) is 0 Å². The molecule has 0 aromatic heterocycles. The van der Waals surface area contributed by atoms with Crippen LogP contribution in [0.3, 0.4) is 0 Å². The molecule has 0 saturated carbocycles. The molecule has 0 atom stereocenters. The molecule has 0 aliphatic carbocycles. The average Bonchev–Trinajstić information content (AvgIpc) is 2.04. The zero-order valence-corrected chi connectivity index (χ0v) is 7.66. The quantitative estimate of drug-likeness (QED) is 0.600. The Hall–Kier alpha value is -0.578. The van der Waals surface area contributed by atoms with Crippen LogP contribution in [0.5, 0.6) is 0 Å². The second-order valence-corrected chi connectivity index (χ2v) is 2.90. The van der Waals surface area contributed by atoms with Gasteiger partial charge < -0.3 is 0 Å². The van der Waals surface area contributed by atoms with Crippen LogP contribution < -0.4 is 0 Å². The summed E-state index contributed by atoms with van der Waals surface area (Å²) in [6.07, 6.45) is 0.913. The molecule has 0 radical (unpaired) electrons. The van der Waals surface area contributed by atoms with E-state index in [1.807, 2.05) is 31.2 Å². The molecule has 1 aromatic rings. The van der Waals surface area contributed by atoms with Crippen molar-refractivity contribution in [2.24, 2.45) is 0 Å². The second-order valence-electron chi connectivity index (χ2n) is 2.37. The van der Waals surface area contributed by atoms with Crippen molar-refractivity contribution in [3.63, 3.8) is 0 Å². The van der Waals surface area contributed by atoms with Gasteiger partial charge in [-0.25, -0.2) is 0 Å². The Labute approximate surface area is 74.8 Å². The van der Waals surface area contributed by atoms with Gasteiger partial charge in [-0.05, 0) is 0 Å². The van der Waals surface area contributed by atoms with Gasteiger partial charge in [-0.1, -0.05) is 0 Å². The van der Waals surface area contributed by atoms with Crippen molar-refractivity contribution in [1.29, 1.82) is 0 Å². The van der Waals surface area contributed by atoms with Crippen LogP contribution in [0.15, 0.2) is 24.3 Å². The monoisotopic (exact) mass is 160 g/mol. The molecule has 0 N–H and O–H groups in total. The number of benzene rings is 1. The maximum absolute atomic E-state index is 11.0. The van der Waals surface area contributed by atoms with E-state index in [0.29, 0.717) is 0 Å². The first-order valence-corrected chi connectivity index (χ1v) is 4.21. The summed E-state index contributed by atoms with van der Waals surface area (Å²) in [6.45, 7) is 2.05. The number of hydrogen-bond acceptors (Lipinski definition) is 1. The summed E-state index contributed by atoms with van der Waals surface area (Å²) in [7, 11) is 0. The predicted molar refractivity (Wildman–Crippen MR) is 45.9 cm³/mol. The first kappa shape index (κ1) is 8.52. The van der Waals surface area contributed by atoms with Crippen LogP contribution in [-0.2, 0) is 6.42 Å². The fourth-order valence-corrected chi connectivity index (χ4v) is 1.35. The molecule has 52 valence electrons. The molecule has 0 amide bonds. The third kappa shape index (κ3) is 1.92. The SMILES string of the molecule is CCc1ccccc1[C](=O)[Al+2]. The summed E-state index contributed by atoms with van der Waals surface area (Å²) in [4.78, 5) is 11.0. The molecule has 0 unspecified atom stereocenters. The fraction of sp³-hybridized carbons (Fsp3) is 0.222. The number of rotatable bonds is 2. The zero-order chi connectivity index (χ0) is 8.27. The number of carbonyl (C=O) groups is 1. The molecule has 0 bridgehead atoms. The van der Waals surface area contributed by atoms with Crippen molar-refractivity contribution in [1.82, 2.24) is 0 Å². The van der Waals surface area contributed by atoms with Crippen molar-refractivity contribution in [3.05, 3.63) is 35.4 Å². The maximum atomic E-state index is 11.0. The van der Waals surface area contributed by atoms with Crippen molar-refractivity contribution in [2.45, 2.75) is 13.3 Å². The average molecular weight is 160 g/mol. The summed E-state index contributed by atoms with van der Waals surface area (Å²) in [5, 5.41) is 0. The van der Waals surface area contributed by atoms with E-state index in [1.165, 1.54) is 0 Å². The predicted octanol–water partition coefficient (Wildman–Crippen LogP) is 1.56. The molecule has 1 nitrogen and oxygen atoms in total. The summed E-state index contributed by atoms with van der Waals surface area (Å²) in [6, 6.07) is 7.68. The van der Waals surface area contributed by atoms with Gasteiger partial charge in [0.05, 0.1) is 0 Å². The number of hydrogen-bond donors (Lipinski definition) is 0. The normalized spacial score (nSPS) is 9.73. The fourth-order valence-electron chi connectivity index (χ4n) is 1.07. The van der Waals surface area contributed by atoms with Crippen LogP contribution in [-0.4, -0.2) is 20.9 Å². The molecular weight excluding hydrogens is 151 g/mol. The van der Waals surface area contributed by atoms with E-state index in [1.54, 1.807) is 0 Å². The van der Waals surface area contributed by atoms with E-state index in [0.717, 1.165) is 17.5 Å². The molecule has 0 spiro atoms. The van der Waals surface area contributed by atoms with Gasteiger partial charge in [0, 0.05) is 0 Å². The van der Waals surface area contributed by atoms with E-state index in [9.17, 15) is 4.79 Å². The minimum absolute atomic E-state index is 0.0717. The third-order valence-electron chi connectivity index (χ3n) is 1.66. The Kier molecular flexibility index (Phi) is 2.87. The molecule has 1 rings (SSSR count). The Morgan fingerprint density at radius 2 is 2.09 bits per heavy atom. The van der Waals surface area contributed by atoms with Crippen molar-refractivity contribution >= 4 is 20.9 Å². The van der Waals surface area contributed by atoms with Gasteiger partial charge in [-0.3, -0.25) is 0 Å². The van der Waals surface area contributed by atoms with Gasteiger partial charge in [0.2, 0.25) is 0 Å². The van der Waals surface area contributed by atoms with Crippen LogP contribution in [0.2, 0.25) is 0 Å². The van der Waals surface area contributed by atoms with Crippen LogP contribution in [0.1, 0.15) is 22.8 Å². The molecular formula is C9H9AlO+2. The second kappa shape index (κ2) is 3.71. The van der Waals surface area contributed by atoms with Crippen molar-refractivity contribution in [3.8, 4) is 0 Å². The Balaban J connectivity index is 3.12. The summed E-state index contributed by atoms with van der Waals surface area (Å²) in [5.74, 6) is 0. The number of aryl methyl sites for hydroxylation is 1. The van der Waals surface area contributed by atoms with E-state index in [2.05, 4.69) is 16.3 Å². The molecule has 0 fully saturated rings. The summed E-state index contributed by atoms with van der Waals surface area (Å²) < 4.78 is 0.0717. The first-order valence-electron chi connectivity index (χ1n) is 3.63. The first-order chi connectivity index (χ1) is 5.25. The standard InChI is InChI=1S/C9H9O.Al/c1-2-8-5-3-4-6-9(8)7-10;/h3-6H,2H2,1H3;/q;+2. The van der Waals surface area contributed by atoms with Gasteiger partial charge in [0.15, 0.2) is 0 Å². The van der Waals surface area contributed by atoms with Gasteiger partial charge in [-0.2, -0.15) is 0 Å². The van der Waals surface area contributed by atoms with E-state index in [-0.39, 0.29) is 4.65 Å². The Bertz CT molecular complexity index is 268. The van der Waals surface area contributed by atoms with Crippen LogP contribution in [0, 0.1) is 0 Å². The minimum atomic E-state index is 0.0717. The topological polar surface area (TPSA) is 17.1 Å². The van der Waals surface area contributed by atoms with Crippen molar-refractivity contribution < 1.29 is 4.79 Å². The molecule has 0 aliphatic rings. The van der Waals surface area contributed by atoms with Gasteiger partial charge in [0.1, 0.15) is 0 Å². The summed E-state index contributed by atoms with van der Waals surface area (Å²) >= 11 is 2.20. The Morgan fingerprint density at radius 3 is 2.55 bits per heavy atom. The zero-order valence-electron chi connectivity index (χ0n) is 6.50. The van der Waals surface area contributed by atoms with Crippen LogP contribution in [0.4, 0.5) is 0 Å². The van der Waals surface area contributed by atoms with Crippen LogP contribution >= 0.6 is 0 Å². The van der Waals surface area contributed by atoms with Gasteiger partial charge in [-0.15, -0.1) is 0 Å². The third-order valence-corrected chi connectivity index (χ3v) is 1.97. The molecule has 11 heavy (non-hydrogen) atoms. The summed E-state index contributed by atoms with van der Waals surface area (Å²) in [5.41, 5.74) is 1.94. The number of carbonyl (C=O) groups excluding carboxylic acids is 1. The van der Waals surface area contributed by atoms with Crippen molar-refractivity contribution in [2.75, 3.05) is 0 Å². The van der Waals surface area contributed by atoms with E-state index >= 15 is 0 Å². The molecule has 0 saturated heterocycles. The van der Waals surface area contributed by atoms with Crippen LogP contribution in [0.25, 0.3) is 0 Å². The van der Waals surface area contributed by atoms with Gasteiger partial charge in [0.25, 0.3) is 0 Å². The Morgan fingerprint density at radius 1 is 1.45 bits per heavy atom. The van der Waals surface area contributed by atoms with Gasteiger partial charge >= 0.3 is 74.5 Å². The molecule has 0 heterocycles. The molecule has 2 heteroatoms. The molecule has 1 aromatic carbocycles. The van der Waals surface area contributed by atoms with E-state index < -0.39 is 0 Å². The molecule has 0 aliphatic heterocycles.